The molecule has 4 aromatic rings. The number of rotatable bonds is 12. The third-order valence-electron chi connectivity index (χ3n) is 8.90. The number of carbonyl (C=O) groups is 1. The highest BCUT2D eigenvalue weighted by molar-refractivity contribution is 6.48. The Kier molecular flexibility index (Phi) is 10.6. The van der Waals surface area contributed by atoms with Gasteiger partial charge >= 0.3 is 7.12 Å². The van der Waals surface area contributed by atoms with Crippen LogP contribution in [0.2, 0.25) is 5.82 Å². The van der Waals surface area contributed by atoms with Crippen molar-refractivity contribution in [2.45, 2.75) is 49.5 Å². The summed E-state index contributed by atoms with van der Waals surface area (Å²) < 4.78 is 27.8. The van der Waals surface area contributed by atoms with Crippen molar-refractivity contribution in [2.24, 2.45) is 0 Å². The fourth-order valence-electron chi connectivity index (χ4n) is 6.77. The Morgan fingerprint density at radius 3 is 1.28 bits per heavy atom. The molecule has 0 aromatic heterocycles. The molecule has 1 aliphatic rings. The Labute approximate surface area is 274 Å². The molecule has 4 aromatic carbocycles. The molecular formula is C39H44BNO5. The molecule has 1 saturated heterocycles. The topological polar surface area (TPSA) is 57.2 Å². The standard InChI is InChI=1S/C39H44BNO5/c1-29(2)27-34(28-35(42)41(3)4)40-45-36(38(43-5,30-19-11-7-12-20-30)31-21-13-8-14-22-31)37(46-40)39(44-6,32-23-15-9-16-24-32)33-25-17-10-18-26-33/h7-27,34,36-37H,28H2,1-6H3/t34-,36-,37-/m1/s1. The number of nitrogens with zero attached hydrogens (tertiary/aromatic N) is 1. The zero-order valence-electron chi connectivity index (χ0n) is 27.6. The lowest BCUT2D eigenvalue weighted by molar-refractivity contribution is -0.136. The summed E-state index contributed by atoms with van der Waals surface area (Å²) in [6.45, 7) is 4.05. The molecule has 3 atom stereocenters. The average Bonchev–Trinajstić information content (AvgIpc) is 3.53. The van der Waals surface area contributed by atoms with E-state index in [9.17, 15) is 4.79 Å². The first-order valence-corrected chi connectivity index (χ1v) is 15.8. The highest BCUT2D eigenvalue weighted by Gasteiger charge is 2.62. The van der Waals surface area contributed by atoms with Crippen molar-refractivity contribution in [1.82, 2.24) is 4.90 Å². The van der Waals surface area contributed by atoms with Gasteiger partial charge in [0.15, 0.2) is 0 Å². The molecule has 1 amide bonds. The van der Waals surface area contributed by atoms with Crippen LogP contribution in [0.4, 0.5) is 0 Å². The first-order chi connectivity index (χ1) is 22.3. The molecule has 5 rings (SSSR count). The number of ether oxygens (including phenoxy) is 2. The number of amides is 1. The van der Waals surface area contributed by atoms with Gasteiger partial charge in [0.2, 0.25) is 5.91 Å². The minimum atomic E-state index is -1.11. The van der Waals surface area contributed by atoms with Gasteiger partial charge in [0, 0.05) is 40.6 Å². The van der Waals surface area contributed by atoms with E-state index < -0.39 is 30.5 Å². The molecule has 6 nitrogen and oxygen atoms in total. The van der Waals surface area contributed by atoms with Gasteiger partial charge in [-0.15, -0.1) is 0 Å². The molecule has 0 unspecified atom stereocenters. The Balaban J connectivity index is 1.81. The predicted molar refractivity (Wildman–Crippen MR) is 183 cm³/mol. The third-order valence-corrected chi connectivity index (χ3v) is 8.90. The van der Waals surface area contributed by atoms with E-state index in [1.807, 2.05) is 86.6 Å². The molecule has 0 spiro atoms. The quantitative estimate of drug-likeness (QED) is 0.124. The lowest BCUT2D eigenvalue weighted by Crippen LogP contribution is -2.56. The fourth-order valence-corrected chi connectivity index (χ4v) is 6.77. The summed E-state index contributed by atoms with van der Waals surface area (Å²) in [5.74, 6) is -0.377. The molecule has 0 bridgehead atoms. The van der Waals surface area contributed by atoms with E-state index in [0.29, 0.717) is 0 Å². The van der Waals surface area contributed by atoms with Crippen molar-refractivity contribution in [2.75, 3.05) is 28.3 Å². The Morgan fingerprint density at radius 2 is 1.02 bits per heavy atom. The normalized spacial score (nSPS) is 17.4. The van der Waals surface area contributed by atoms with Gasteiger partial charge in [-0.05, 0) is 36.1 Å². The number of hydrogen-bond acceptors (Lipinski definition) is 5. The highest BCUT2D eigenvalue weighted by atomic mass is 16.7. The van der Waals surface area contributed by atoms with Crippen molar-refractivity contribution >= 4 is 13.0 Å². The molecule has 1 fully saturated rings. The number of allylic oxidation sites excluding steroid dienone is 2. The summed E-state index contributed by atoms with van der Waals surface area (Å²) >= 11 is 0. The molecule has 0 aliphatic carbocycles. The molecule has 7 heteroatoms. The van der Waals surface area contributed by atoms with Crippen LogP contribution in [0, 0.1) is 0 Å². The van der Waals surface area contributed by atoms with Gasteiger partial charge in [-0.25, -0.2) is 0 Å². The minimum Gasteiger partial charge on any atom is -0.401 e. The molecule has 1 heterocycles. The van der Waals surface area contributed by atoms with Crippen LogP contribution < -0.4 is 0 Å². The SMILES string of the molecule is COC(c1ccccc1)(c1ccccc1)[C@@H]1OB([C@H](C=C(C)C)CC(=O)N(C)C)O[C@H]1C(OC)(c1ccccc1)c1ccccc1. The van der Waals surface area contributed by atoms with Crippen LogP contribution in [0.1, 0.15) is 42.5 Å². The number of methoxy groups -OCH3 is 2. The predicted octanol–water partition coefficient (Wildman–Crippen LogP) is 7.25. The monoisotopic (exact) mass is 617 g/mol. The minimum absolute atomic E-state index is 0.0112. The smallest absolute Gasteiger partial charge is 0.401 e. The number of carbonyl (C=O) groups excluding carboxylic acids is 1. The van der Waals surface area contributed by atoms with Crippen LogP contribution in [-0.4, -0.2) is 58.4 Å². The van der Waals surface area contributed by atoms with Gasteiger partial charge < -0.3 is 23.7 Å². The summed E-state index contributed by atoms with van der Waals surface area (Å²) in [5, 5.41) is 0. The largest absolute Gasteiger partial charge is 0.465 e. The van der Waals surface area contributed by atoms with Gasteiger partial charge in [-0.2, -0.15) is 0 Å². The van der Waals surface area contributed by atoms with E-state index in [1.165, 1.54) is 0 Å². The number of hydrogen-bond donors (Lipinski definition) is 0. The van der Waals surface area contributed by atoms with Crippen molar-refractivity contribution in [1.29, 1.82) is 0 Å². The van der Waals surface area contributed by atoms with Gasteiger partial charge in [-0.1, -0.05) is 133 Å². The van der Waals surface area contributed by atoms with E-state index in [2.05, 4.69) is 54.6 Å². The molecule has 238 valence electrons. The molecule has 1 aliphatic heterocycles. The Morgan fingerprint density at radius 1 is 0.696 bits per heavy atom. The second-order valence-electron chi connectivity index (χ2n) is 12.2. The number of benzene rings is 4. The second kappa shape index (κ2) is 14.6. The van der Waals surface area contributed by atoms with Gasteiger partial charge in [-0.3, -0.25) is 4.79 Å². The van der Waals surface area contributed by atoms with E-state index in [4.69, 9.17) is 18.8 Å². The molecule has 0 radical (unpaired) electrons. The van der Waals surface area contributed by atoms with E-state index in [1.54, 1.807) is 33.2 Å². The molecule has 0 N–H and O–H groups in total. The van der Waals surface area contributed by atoms with Crippen LogP contribution in [-0.2, 0) is 34.8 Å². The zero-order valence-corrected chi connectivity index (χ0v) is 27.6. The van der Waals surface area contributed by atoms with Crippen LogP contribution in [0.3, 0.4) is 0 Å². The van der Waals surface area contributed by atoms with Crippen LogP contribution in [0.5, 0.6) is 0 Å². The van der Waals surface area contributed by atoms with Crippen molar-refractivity contribution in [3.05, 3.63) is 155 Å². The summed E-state index contributed by atoms with van der Waals surface area (Å²) in [6, 6.07) is 40.5. The van der Waals surface area contributed by atoms with Crippen LogP contribution >= 0.6 is 0 Å². The maximum Gasteiger partial charge on any atom is 0.465 e. The maximum absolute atomic E-state index is 13.2. The average molecular weight is 618 g/mol. The van der Waals surface area contributed by atoms with Crippen molar-refractivity contribution < 1.29 is 23.6 Å². The summed E-state index contributed by atoms with van der Waals surface area (Å²) in [7, 11) is 6.20. The van der Waals surface area contributed by atoms with Crippen molar-refractivity contribution in [3.8, 4) is 0 Å². The molecule has 46 heavy (non-hydrogen) atoms. The van der Waals surface area contributed by atoms with Gasteiger partial charge in [0.1, 0.15) is 23.4 Å². The molecule has 0 saturated carbocycles. The van der Waals surface area contributed by atoms with Crippen LogP contribution in [0.15, 0.2) is 133 Å². The van der Waals surface area contributed by atoms with Crippen LogP contribution in [0.25, 0.3) is 0 Å². The maximum atomic E-state index is 13.2. The Bertz CT molecular complexity index is 1400. The second-order valence-corrected chi connectivity index (χ2v) is 12.2. The van der Waals surface area contributed by atoms with E-state index in [-0.39, 0.29) is 18.1 Å². The molecular weight excluding hydrogens is 573 g/mol. The summed E-state index contributed by atoms with van der Waals surface area (Å²) in [6.07, 6.45) is 0.838. The Hall–Kier alpha value is -4.01. The summed E-state index contributed by atoms with van der Waals surface area (Å²) in [5.41, 5.74) is 2.49. The van der Waals surface area contributed by atoms with Gasteiger partial charge in [0.25, 0.3) is 0 Å². The summed E-state index contributed by atoms with van der Waals surface area (Å²) in [4.78, 5) is 14.8. The third kappa shape index (κ3) is 6.33. The van der Waals surface area contributed by atoms with Gasteiger partial charge in [0.05, 0.1) is 0 Å². The first kappa shape index (κ1) is 33.4. The van der Waals surface area contributed by atoms with E-state index in [0.717, 1.165) is 27.8 Å². The zero-order chi connectivity index (χ0) is 32.7. The van der Waals surface area contributed by atoms with Crippen molar-refractivity contribution in [3.63, 3.8) is 0 Å². The van der Waals surface area contributed by atoms with E-state index >= 15 is 0 Å². The highest BCUT2D eigenvalue weighted by Crippen LogP contribution is 2.51. The lowest BCUT2D eigenvalue weighted by Gasteiger charge is -2.47. The first-order valence-electron chi connectivity index (χ1n) is 15.8. The lowest BCUT2D eigenvalue weighted by atomic mass is 9.69. The fraction of sp³-hybridized carbons (Fsp3) is 0.308.